The monoisotopic (exact) mass is 888 g/mol. The van der Waals surface area contributed by atoms with E-state index in [1.807, 2.05) is 6.08 Å². The fraction of sp³-hybridized carbons (Fsp3) is 0.895. The molecule has 0 heterocycles. The summed E-state index contributed by atoms with van der Waals surface area (Å²) in [6.07, 6.45) is 63.3. The summed E-state index contributed by atoms with van der Waals surface area (Å²) in [5.41, 5.74) is 0. The molecule has 63 heavy (non-hydrogen) atoms. The third kappa shape index (κ3) is 49.6. The zero-order valence-corrected chi connectivity index (χ0v) is 42.3. The molecule has 0 saturated carbocycles. The Kier molecular flexibility index (Phi) is 51.6. The SMILES string of the molecule is CCCCCCCCCCCCCCCCCCCC/C=C/C(O)C(CO)NC(=O)CCCCC/C=C\CCCCCCCCOC(=O)CCCCCCCCCCCCCCC. The molecule has 0 aliphatic heterocycles. The summed E-state index contributed by atoms with van der Waals surface area (Å²) in [6.45, 7) is 4.87. The number of allylic oxidation sites excluding steroid dienone is 3. The number of ether oxygens (including phenoxy) is 1. The lowest BCUT2D eigenvalue weighted by Crippen LogP contribution is -2.45. The topological polar surface area (TPSA) is 95.9 Å². The molecule has 0 saturated heterocycles. The van der Waals surface area contributed by atoms with Crippen LogP contribution in [-0.4, -0.2) is 47.4 Å². The minimum atomic E-state index is -0.861. The van der Waals surface area contributed by atoms with Gasteiger partial charge in [-0.25, -0.2) is 0 Å². The lowest BCUT2D eigenvalue weighted by Gasteiger charge is -2.19. The summed E-state index contributed by atoms with van der Waals surface area (Å²) >= 11 is 0. The largest absolute Gasteiger partial charge is 0.466 e. The second-order valence-electron chi connectivity index (χ2n) is 19.3. The van der Waals surface area contributed by atoms with Crippen molar-refractivity contribution in [2.24, 2.45) is 0 Å². The molecule has 372 valence electrons. The fourth-order valence-electron chi connectivity index (χ4n) is 8.63. The van der Waals surface area contributed by atoms with E-state index in [-0.39, 0.29) is 18.5 Å². The molecule has 0 spiro atoms. The lowest BCUT2D eigenvalue weighted by atomic mass is 10.0. The molecule has 2 unspecified atom stereocenters. The van der Waals surface area contributed by atoms with Crippen LogP contribution in [0.1, 0.15) is 303 Å². The Labute approximate surface area is 392 Å². The maximum atomic E-state index is 12.5. The van der Waals surface area contributed by atoms with E-state index in [4.69, 9.17) is 4.74 Å². The number of carbonyl (C=O) groups excluding carboxylic acids is 2. The van der Waals surface area contributed by atoms with Crippen LogP contribution in [0, 0.1) is 0 Å². The third-order valence-corrected chi connectivity index (χ3v) is 13.0. The molecule has 1 amide bonds. The van der Waals surface area contributed by atoms with Crippen molar-refractivity contribution in [2.45, 2.75) is 315 Å². The average Bonchev–Trinajstić information content (AvgIpc) is 3.28. The smallest absolute Gasteiger partial charge is 0.305 e. The highest BCUT2D eigenvalue weighted by Crippen LogP contribution is 2.17. The van der Waals surface area contributed by atoms with Crippen molar-refractivity contribution in [2.75, 3.05) is 13.2 Å². The van der Waals surface area contributed by atoms with Crippen molar-refractivity contribution in [3.63, 3.8) is 0 Å². The first-order valence-electron chi connectivity index (χ1n) is 28.1. The van der Waals surface area contributed by atoms with E-state index in [1.165, 1.54) is 205 Å². The average molecular weight is 889 g/mol. The van der Waals surface area contributed by atoms with E-state index in [9.17, 15) is 19.8 Å². The van der Waals surface area contributed by atoms with Gasteiger partial charge < -0.3 is 20.3 Å². The molecule has 0 fully saturated rings. The Bertz CT molecular complexity index is 982. The van der Waals surface area contributed by atoms with Gasteiger partial charge in [-0.2, -0.15) is 0 Å². The highest BCUT2D eigenvalue weighted by atomic mass is 16.5. The molecular formula is C57H109NO5. The predicted molar refractivity (Wildman–Crippen MR) is 273 cm³/mol. The van der Waals surface area contributed by atoms with Gasteiger partial charge in [-0.1, -0.05) is 256 Å². The molecule has 2 atom stereocenters. The van der Waals surface area contributed by atoms with Crippen molar-refractivity contribution in [1.82, 2.24) is 5.32 Å². The Morgan fingerprint density at radius 3 is 1.14 bits per heavy atom. The zero-order chi connectivity index (χ0) is 45.8. The molecule has 0 rings (SSSR count). The van der Waals surface area contributed by atoms with Crippen molar-refractivity contribution >= 4 is 11.9 Å². The first-order chi connectivity index (χ1) is 31.0. The Balaban J connectivity index is 3.53. The summed E-state index contributed by atoms with van der Waals surface area (Å²) in [5.74, 6) is -0.108. The zero-order valence-electron chi connectivity index (χ0n) is 42.3. The van der Waals surface area contributed by atoms with Crippen LogP contribution in [0.25, 0.3) is 0 Å². The molecule has 6 nitrogen and oxygen atoms in total. The van der Waals surface area contributed by atoms with E-state index in [1.54, 1.807) is 6.08 Å². The number of unbranched alkanes of at least 4 members (excludes halogenated alkanes) is 39. The van der Waals surface area contributed by atoms with Gasteiger partial charge in [-0.05, 0) is 57.8 Å². The standard InChI is InChI=1S/C57H109NO5/c1-3-5-7-9-11-13-15-17-18-19-20-21-22-23-26-29-33-37-41-45-49-55(60)54(53-59)58-56(61)50-46-42-38-34-30-27-24-28-32-36-40-44-48-52-63-57(62)51-47-43-39-35-31-25-16-14-12-10-8-6-4-2/h27,30,45,49,54-55,59-60H,3-26,28-29,31-44,46-48,50-53H2,1-2H3,(H,58,61)/b30-27-,49-45+. The molecular weight excluding hydrogens is 779 g/mol. The summed E-state index contributed by atoms with van der Waals surface area (Å²) in [4.78, 5) is 24.5. The first-order valence-corrected chi connectivity index (χ1v) is 28.1. The maximum absolute atomic E-state index is 12.5. The first kappa shape index (κ1) is 61.3. The molecule has 6 heteroatoms. The number of esters is 1. The molecule has 3 N–H and O–H groups in total. The van der Waals surface area contributed by atoms with E-state index in [2.05, 4.69) is 31.3 Å². The van der Waals surface area contributed by atoms with Crippen molar-refractivity contribution in [1.29, 1.82) is 0 Å². The summed E-state index contributed by atoms with van der Waals surface area (Å²) in [6, 6.07) is -0.648. The highest BCUT2D eigenvalue weighted by Gasteiger charge is 2.18. The number of nitrogens with one attached hydrogen (secondary N) is 1. The van der Waals surface area contributed by atoms with Crippen LogP contribution >= 0.6 is 0 Å². The molecule has 0 aliphatic rings. The van der Waals surface area contributed by atoms with Crippen LogP contribution in [0.2, 0.25) is 0 Å². The Morgan fingerprint density at radius 1 is 0.429 bits per heavy atom. The number of rotatable bonds is 52. The van der Waals surface area contributed by atoms with Gasteiger partial charge in [0.25, 0.3) is 0 Å². The summed E-state index contributed by atoms with van der Waals surface area (Å²) in [7, 11) is 0. The van der Waals surface area contributed by atoms with Gasteiger partial charge >= 0.3 is 5.97 Å². The molecule has 0 aromatic rings. The van der Waals surface area contributed by atoms with E-state index < -0.39 is 12.1 Å². The van der Waals surface area contributed by atoms with Crippen LogP contribution in [0.15, 0.2) is 24.3 Å². The van der Waals surface area contributed by atoms with Gasteiger partial charge in [-0.15, -0.1) is 0 Å². The third-order valence-electron chi connectivity index (χ3n) is 13.0. The van der Waals surface area contributed by atoms with Gasteiger partial charge in [0.15, 0.2) is 0 Å². The number of aliphatic hydroxyl groups is 2. The highest BCUT2D eigenvalue weighted by molar-refractivity contribution is 5.76. The molecule has 0 aromatic carbocycles. The number of carbonyl (C=O) groups is 2. The fourth-order valence-corrected chi connectivity index (χ4v) is 8.63. The molecule has 0 bridgehead atoms. The van der Waals surface area contributed by atoms with Crippen molar-refractivity contribution < 1.29 is 24.5 Å². The number of amides is 1. The van der Waals surface area contributed by atoms with E-state index in [0.29, 0.717) is 19.4 Å². The Morgan fingerprint density at radius 2 is 0.746 bits per heavy atom. The second-order valence-corrected chi connectivity index (χ2v) is 19.3. The van der Waals surface area contributed by atoms with Gasteiger partial charge in [0, 0.05) is 12.8 Å². The molecule has 0 radical (unpaired) electrons. The molecule has 0 aromatic heterocycles. The predicted octanol–water partition coefficient (Wildman–Crippen LogP) is 17.1. The van der Waals surface area contributed by atoms with Gasteiger partial charge in [0.2, 0.25) is 5.91 Å². The molecule has 0 aliphatic carbocycles. The normalized spacial score (nSPS) is 12.8. The van der Waals surface area contributed by atoms with Crippen LogP contribution in [-0.2, 0) is 14.3 Å². The van der Waals surface area contributed by atoms with Crippen LogP contribution in [0.3, 0.4) is 0 Å². The van der Waals surface area contributed by atoms with Crippen LogP contribution < -0.4 is 5.32 Å². The summed E-state index contributed by atoms with van der Waals surface area (Å²) in [5, 5.41) is 23.1. The minimum Gasteiger partial charge on any atom is -0.466 e. The second kappa shape index (κ2) is 53.0. The number of hydrogen-bond donors (Lipinski definition) is 3. The number of hydrogen-bond acceptors (Lipinski definition) is 5. The van der Waals surface area contributed by atoms with Gasteiger partial charge in [0.1, 0.15) is 0 Å². The van der Waals surface area contributed by atoms with E-state index >= 15 is 0 Å². The lowest BCUT2D eigenvalue weighted by molar-refractivity contribution is -0.143. The van der Waals surface area contributed by atoms with E-state index in [0.717, 1.165) is 70.6 Å². The van der Waals surface area contributed by atoms with Gasteiger partial charge in [-0.3, -0.25) is 9.59 Å². The van der Waals surface area contributed by atoms with Crippen molar-refractivity contribution in [3.05, 3.63) is 24.3 Å². The maximum Gasteiger partial charge on any atom is 0.305 e. The Hall–Kier alpha value is -1.66. The minimum absolute atomic E-state index is 0.0122. The quantitative estimate of drug-likeness (QED) is 0.0321. The van der Waals surface area contributed by atoms with Crippen molar-refractivity contribution in [3.8, 4) is 0 Å². The van der Waals surface area contributed by atoms with Gasteiger partial charge in [0.05, 0.1) is 25.4 Å². The van der Waals surface area contributed by atoms with Crippen LogP contribution in [0.4, 0.5) is 0 Å². The summed E-state index contributed by atoms with van der Waals surface area (Å²) < 4.78 is 5.45. The van der Waals surface area contributed by atoms with Crippen LogP contribution in [0.5, 0.6) is 0 Å². The number of aliphatic hydroxyl groups excluding tert-OH is 2.